The number of nitrogens with zero attached hydrogens (tertiary/aromatic N) is 1. The number of amides is 1. The van der Waals surface area contributed by atoms with Crippen LogP contribution in [0.25, 0.3) is 0 Å². The van der Waals surface area contributed by atoms with Crippen LogP contribution in [-0.4, -0.2) is 47.6 Å². The number of aliphatic carboxylic acids is 1. The van der Waals surface area contributed by atoms with Crippen LogP contribution in [0.2, 0.25) is 0 Å². The molecule has 0 saturated carbocycles. The molecule has 0 fully saturated rings. The van der Waals surface area contributed by atoms with Crippen molar-refractivity contribution in [2.24, 2.45) is 0 Å². The van der Waals surface area contributed by atoms with E-state index < -0.39 is 12.0 Å². The second-order valence-electron chi connectivity index (χ2n) is 4.01. The minimum Gasteiger partial charge on any atom is -0.480 e. The second kappa shape index (κ2) is 8.98. The van der Waals surface area contributed by atoms with E-state index in [0.717, 1.165) is 12.8 Å². The molecule has 1 amide bonds. The lowest BCUT2D eigenvalue weighted by Crippen LogP contribution is -2.46. The van der Waals surface area contributed by atoms with Crippen LogP contribution in [0.3, 0.4) is 0 Å². The van der Waals surface area contributed by atoms with E-state index in [4.69, 9.17) is 0 Å². The molecule has 0 aliphatic heterocycles. The first kappa shape index (κ1) is 15.9. The predicted molar refractivity (Wildman–Crippen MR) is 66.9 cm³/mol. The molecular weight excluding hydrogens is 220 g/mol. The van der Waals surface area contributed by atoms with E-state index >= 15 is 0 Å². The van der Waals surface area contributed by atoms with E-state index in [0.29, 0.717) is 19.5 Å². The van der Waals surface area contributed by atoms with E-state index in [-0.39, 0.29) is 12.5 Å². The summed E-state index contributed by atoms with van der Waals surface area (Å²) in [5.74, 6) is -0.957. The molecule has 0 radical (unpaired) electrons. The van der Waals surface area contributed by atoms with Gasteiger partial charge in [0.2, 0.25) is 5.91 Å². The van der Waals surface area contributed by atoms with Crippen molar-refractivity contribution in [3.05, 3.63) is 0 Å². The maximum absolute atomic E-state index is 11.5. The SMILES string of the molecule is CCCCC(C(=O)O)N(CC)CC(=O)NCC. The number of carboxylic acids is 1. The van der Waals surface area contributed by atoms with E-state index in [1.807, 2.05) is 20.8 Å². The summed E-state index contributed by atoms with van der Waals surface area (Å²) < 4.78 is 0. The Morgan fingerprint density at radius 1 is 1.29 bits per heavy atom. The van der Waals surface area contributed by atoms with Gasteiger partial charge in [-0.15, -0.1) is 0 Å². The summed E-state index contributed by atoms with van der Waals surface area (Å²) in [5, 5.41) is 11.9. The average Bonchev–Trinajstić information content (AvgIpc) is 2.27. The highest BCUT2D eigenvalue weighted by atomic mass is 16.4. The Hall–Kier alpha value is -1.10. The van der Waals surface area contributed by atoms with Crippen LogP contribution in [0.15, 0.2) is 0 Å². The predicted octanol–water partition coefficient (Wildman–Crippen LogP) is 1.09. The molecule has 0 aromatic rings. The van der Waals surface area contributed by atoms with Crippen LogP contribution in [0.5, 0.6) is 0 Å². The second-order valence-corrected chi connectivity index (χ2v) is 4.01. The quantitative estimate of drug-likeness (QED) is 0.637. The van der Waals surface area contributed by atoms with E-state index in [1.54, 1.807) is 4.90 Å². The molecule has 1 unspecified atom stereocenters. The van der Waals surface area contributed by atoms with Gasteiger partial charge in [-0.25, -0.2) is 0 Å². The number of hydrogen-bond donors (Lipinski definition) is 2. The number of likely N-dealkylation sites (N-methyl/N-ethyl adjacent to an activating group) is 2. The van der Waals surface area contributed by atoms with Crippen molar-refractivity contribution in [2.75, 3.05) is 19.6 Å². The molecule has 5 nitrogen and oxygen atoms in total. The molecule has 0 aliphatic carbocycles. The van der Waals surface area contributed by atoms with Gasteiger partial charge in [0.25, 0.3) is 0 Å². The van der Waals surface area contributed by atoms with E-state index in [2.05, 4.69) is 5.32 Å². The van der Waals surface area contributed by atoms with Crippen LogP contribution in [0.1, 0.15) is 40.0 Å². The zero-order chi connectivity index (χ0) is 13.3. The smallest absolute Gasteiger partial charge is 0.320 e. The Morgan fingerprint density at radius 2 is 1.94 bits per heavy atom. The highest BCUT2D eigenvalue weighted by Crippen LogP contribution is 2.09. The van der Waals surface area contributed by atoms with Crippen molar-refractivity contribution in [2.45, 2.75) is 46.1 Å². The summed E-state index contributed by atoms with van der Waals surface area (Å²) in [4.78, 5) is 24.4. The monoisotopic (exact) mass is 244 g/mol. The fourth-order valence-corrected chi connectivity index (χ4v) is 1.74. The topological polar surface area (TPSA) is 69.6 Å². The minimum atomic E-state index is -0.843. The van der Waals surface area contributed by atoms with Crippen molar-refractivity contribution in [1.29, 1.82) is 0 Å². The van der Waals surface area contributed by atoms with Crippen LogP contribution in [0, 0.1) is 0 Å². The Bertz CT molecular complexity index is 242. The van der Waals surface area contributed by atoms with Gasteiger partial charge in [-0.3, -0.25) is 14.5 Å². The molecule has 0 aromatic heterocycles. The zero-order valence-corrected chi connectivity index (χ0v) is 11.0. The van der Waals surface area contributed by atoms with E-state index in [1.165, 1.54) is 0 Å². The highest BCUT2D eigenvalue weighted by Gasteiger charge is 2.25. The minimum absolute atomic E-state index is 0.114. The van der Waals surface area contributed by atoms with Crippen molar-refractivity contribution < 1.29 is 14.7 Å². The average molecular weight is 244 g/mol. The zero-order valence-electron chi connectivity index (χ0n) is 11.0. The first-order valence-electron chi connectivity index (χ1n) is 6.30. The number of unbranched alkanes of at least 4 members (excludes halogenated alkanes) is 1. The molecule has 0 aromatic carbocycles. The number of carbonyl (C=O) groups is 2. The van der Waals surface area contributed by atoms with Crippen molar-refractivity contribution >= 4 is 11.9 Å². The summed E-state index contributed by atoms with van der Waals surface area (Å²) in [6, 6.07) is -0.553. The maximum Gasteiger partial charge on any atom is 0.320 e. The van der Waals surface area contributed by atoms with Gasteiger partial charge >= 0.3 is 5.97 Å². The summed E-state index contributed by atoms with van der Waals surface area (Å²) in [6.45, 7) is 7.05. The van der Waals surface area contributed by atoms with Crippen molar-refractivity contribution in [3.8, 4) is 0 Å². The summed E-state index contributed by atoms with van der Waals surface area (Å²) in [5.41, 5.74) is 0. The van der Waals surface area contributed by atoms with Crippen LogP contribution in [0.4, 0.5) is 0 Å². The molecular formula is C12H24N2O3. The largest absolute Gasteiger partial charge is 0.480 e. The van der Waals surface area contributed by atoms with Crippen LogP contribution in [-0.2, 0) is 9.59 Å². The number of rotatable bonds is 9. The van der Waals surface area contributed by atoms with Crippen molar-refractivity contribution in [1.82, 2.24) is 10.2 Å². The lowest BCUT2D eigenvalue weighted by molar-refractivity contribution is -0.144. The van der Waals surface area contributed by atoms with Crippen LogP contribution >= 0.6 is 0 Å². The number of hydrogen-bond acceptors (Lipinski definition) is 3. The third kappa shape index (κ3) is 6.26. The molecule has 5 heteroatoms. The molecule has 0 aliphatic rings. The highest BCUT2D eigenvalue weighted by molar-refractivity contribution is 5.79. The third-order valence-corrected chi connectivity index (χ3v) is 2.68. The maximum atomic E-state index is 11.5. The Balaban J connectivity index is 4.44. The summed E-state index contributed by atoms with van der Waals surface area (Å²) in [7, 11) is 0. The first-order chi connectivity index (χ1) is 8.06. The molecule has 0 spiro atoms. The number of carbonyl (C=O) groups excluding carboxylic acids is 1. The Kier molecular flexibility index (Phi) is 8.40. The molecule has 17 heavy (non-hydrogen) atoms. The lowest BCUT2D eigenvalue weighted by atomic mass is 10.1. The van der Waals surface area contributed by atoms with Gasteiger partial charge in [0.15, 0.2) is 0 Å². The van der Waals surface area contributed by atoms with Crippen LogP contribution < -0.4 is 5.32 Å². The Labute approximate surface area is 103 Å². The molecule has 0 bridgehead atoms. The van der Waals surface area contributed by atoms with Gasteiger partial charge < -0.3 is 10.4 Å². The summed E-state index contributed by atoms with van der Waals surface area (Å²) in [6.07, 6.45) is 2.42. The normalized spacial score (nSPS) is 12.5. The summed E-state index contributed by atoms with van der Waals surface area (Å²) >= 11 is 0. The Morgan fingerprint density at radius 3 is 2.35 bits per heavy atom. The molecule has 0 heterocycles. The van der Waals surface area contributed by atoms with Gasteiger partial charge in [0.1, 0.15) is 6.04 Å². The fourth-order valence-electron chi connectivity index (χ4n) is 1.74. The number of carboxylic acid groups (broad SMARTS) is 1. The van der Waals surface area contributed by atoms with Gasteiger partial charge in [-0.2, -0.15) is 0 Å². The van der Waals surface area contributed by atoms with Gasteiger partial charge in [-0.05, 0) is 19.9 Å². The fraction of sp³-hybridized carbons (Fsp3) is 0.833. The van der Waals surface area contributed by atoms with Gasteiger partial charge in [0.05, 0.1) is 6.54 Å². The molecule has 0 rings (SSSR count). The standard InChI is InChI=1S/C12H24N2O3/c1-4-7-8-10(12(16)17)14(6-3)9-11(15)13-5-2/h10H,4-9H2,1-3H3,(H,13,15)(H,16,17). The van der Waals surface area contributed by atoms with Crippen molar-refractivity contribution in [3.63, 3.8) is 0 Å². The molecule has 1 atom stereocenters. The van der Waals surface area contributed by atoms with E-state index in [9.17, 15) is 14.7 Å². The first-order valence-corrected chi connectivity index (χ1v) is 6.30. The van der Waals surface area contributed by atoms with Gasteiger partial charge in [-0.1, -0.05) is 26.7 Å². The third-order valence-electron chi connectivity index (χ3n) is 2.68. The molecule has 100 valence electrons. The molecule has 0 saturated heterocycles. The molecule has 2 N–H and O–H groups in total. The van der Waals surface area contributed by atoms with Gasteiger partial charge in [0, 0.05) is 6.54 Å². The lowest BCUT2D eigenvalue weighted by Gasteiger charge is -2.26. The number of nitrogens with one attached hydrogen (secondary N) is 1.